The van der Waals surface area contributed by atoms with Crippen LogP contribution < -0.4 is 0 Å². The van der Waals surface area contributed by atoms with Crippen LogP contribution in [0.3, 0.4) is 0 Å². The van der Waals surface area contributed by atoms with Crippen molar-refractivity contribution in [1.82, 2.24) is 19.5 Å². The Balaban J connectivity index is 2.01. The van der Waals surface area contributed by atoms with Gasteiger partial charge in [-0.25, -0.2) is 15.0 Å². The highest BCUT2D eigenvalue weighted by Gasteiger charge is 2.27. The van der Waals surface area contributed by atoms with Crippen molar-refractivity contribution in [3.63, 3.8) is 0 Å². The molecule has 0 saturated carbocycles. The van der Waals surface area contributed by atoms with Gasteiger partial charge >= 0.3 is 0 Å². The lowest BCUT2D eigenvalue weighted by Crippen LogP contribution is -2.14. The minimum atomic E-state index is -0.152. The van der Waals surface area contributed by atoms with Gasteiger partial charge in [0.05, 0.1) is 19.0 Å². The van der Waals surface area contributed by atoms with Crippen molar-refractivity contribution in [3.05, 3.63) is 17.8 Å². The predicted octanol–water partition coefficient (Wildman–Crippen LogP) is 1.15. The standard InChI is InChI=1S/C10H11ClN4O2/c11-9-8-10(13-4-12-9)14-5-15(8)7-2-1-6(3-16)17-7/h4-7,16H,1-3H2/t6-,7+/m0/s1. The van der Waals surface area contributed by atoms with Crippen LogP contribution in [-0.2, 0) is 4.74 Å². The van der Waals surface area contributed by atoms with Gasteiger partial charge in [-0.1, -0.05) is 11.6 Å². The summed E-state index contributed by atoms with van der Waals surface area (Å²) in [7, 11) is 0. The predicted molar refractivity (Wildman–Crippen MR) is 60.6 cm³/mol. The maximum atomic E-state index is 9.05. The molecule has 1 aliphatic rings. The van der Waals surface area contributed by atoms with E-state index in [9.17, 15) is 0 Å². The number of halogens is 1. The summed E-state index contributed by atoms with van der Waals surface area (Å²) in [4.78, 5) is 12.1. The summed E-state index contributed by atoms with van der Waals surface area (Å²) < 4.78 is 7.50. The van der Waals surface area contributed by atoms with Crippen molar-refractivity contribution >= 4 is 22.8 Å². The number of aliphatic hydroxyl groups excluding tert-OH is 1. The number of fused-ring (bicyclic) bond motifs is 1. The molecule has 1 fully saturated rings. The van der Waals surface area contributed by atoms with Crippen LogP contribution in [0, 0.1) is 0 Å². The Hall–Kier alpha value is -1.24. The van der Waals surface area contributed by atoms with Gasteiger partial charge in [0.25, 0.3) is 0 Å². The quantitative estimate of drug-likeness (QED) is 0.814. The molecule has 0 aliphatic carbocycles. The van der Waals surface area contributed by atoms with E-state index in [0.29, 0.717) is 16.3 Å². The molecule has 7 heteroatoms. The zero-order valence-electron chi connectivity index (χ0n) is 8.95. The van der Waals surface area contributed by atoms with Crippen molar-refractivity contribution in [2.24, 2.45) is 0 Å². The lowest BCUT2D eigenvalue weighted by Gasteiger charge is -2.14. The van der Waals surface area contributed by atoms with Crippen LogP contribution in [0.5, 0.6) is 0 Å². The summed E-state index contributed by atoms with van der Waals surface area (Å²) in [5.74, 6) is 0. The van der Waals surface area contributed by atoms with Gasteiger partial charge in [-0.05, 0) is 12.8 Å². The molecule has 0 spiro atoms. The topological polar surface area (TPSA) is 73.1 Å². The first-order chi connectivity index (χ1) is 8.29. The number of imidazole rings is 1. The zero-order chi connectivity index (χ0) is 11.8. The van der Waals surface area contributed by atoms with Crippen molar-refractivity contribution in [2.45, 2.75) is 25.2 Å². The van der Waals surface area contributed by atoms with Crippen molar-refractivity contribution in [2.75, 3.05) is 6.61 Å². The Labute approximate surface area is 102 Å². The van der Waals surface area contributed by atoms with Crippen LogP contribution >= 0.6 is 11.6 Å². The van der Waals surface area contributed by atoms with E-state index < -0.39 is 0 Å². The molecule has 3 rings (SSSR count). The fourth-order valence-electron chi connectivity index (χ4n) is 2.08. The third-order valence-corrected chi connectivity index (χ3v) is 3.20. The number of aromatic nitrogens is 4. The number of hydrogen-bond acceptors (Lipinski definition) is 5. The Kier molecular flexibility index (Phi) is 2.70. The van der Waals surface area contributed by atoms with E-state index in [1.54, 1.807) is 6.33 Å². The molecule has 90 valence electrons. The highest BCUT2D eigenvalue weighted by atomic mass is 35.5. The monoisotopic (exact) mass is 254 g/mol. The summed E-state index contributed by atoms with van der Waals surface area (Å²) in [5.41, 5.74) is 1.24. The molecular weight excluding hydrogens is 244 g/mol. The number of hydrogen-bond donors (Lipinski definition) is 1. The molecule has 3 heterocycles. The second-order valence-electron chi connectivity index (χ2n) is 3.96. The fourth-order valence-corrected chi connectivity index (χ4v) is 2.31. The minimum Gasteiger partial charge on any atom is -0.394 e. The molecular formula is C10H11ClN4O2. The molecule has 1 N–H and O–H groups in total. The Morgan fingerprint density at radius 2 is 2.29 bits per heavy atom. The zero-order valence-corrected chi connectivity index (χ0v) is 9.71. The molecule has 6 nitrogen and oxygen atoms in total. The summed E-state index contributed by atoms with van der Waals surface area (Å²) in [6.45, 7) is 0.0351. The lowest BCUT2D eigenvalue weighted by atomic mass is 10.2. The van der Waals surface area contributed by atoms with E-state index >= 15 is 0 Å². The van der Waals surface area contributed by atoms with Crippen LogP contribution in [0.1, 0.15) is 19.1 Å². The van der Waals surface area contributed by atoms with Crippen LogP contribution in [0.2, 0.25) is 5.15 Å². The summed E-state index contributed by atoms with van der Waals surface area (Å²) in [5, 5.41) is 9.41. The van der Waals surface area contributed by atoms with E-state index in [4.69, 9.17) is 21.4 Å². The fraction of sp³-hybridized carbons (Fsp3) is 0.500. The molecule has 0 unspecified atom stereocenters. The van der Waals surface area contributed by atoms with E-state index in [1.165, 1.54) is 6.33 Å². The molecule has 0 radical (unpaired) electrons. The third-order valence-electron chi connectivity index (χ3n) is 2.92. The van der Waals surface area contributed by atoms with Gasteiger partial charge in [0.1, 0.15) is 18.1 Å². The van der Waals surface area contributed by atoms with Crippen molar-refractivity contribution in [1.29, 1.82) is 0 Å². The summed E-state index contributed by atoms with van der Waals surface area (Å²) in [6, 6.07) is 0. The van der Waals surface area contributed by atoms with E-state index in [2.05, 4.69) is 15.0 Å². The van der Waals surface area contributed by atoms with Crippen LogP contribution in [-0.4, -0.2) is 37.3 Å². The van der Waals surface area contributed by atoms with Gasteiger partial charge in [0.15, 0.2) is 10.8 Å². The van der Waals surface area contributed by atoms with Crippen LogP contribution in [0.25, 0.3) is 11.2 Å². The first-order valence-electron chi connectivity index (χ1n) is 5.39. The highest BCUT2D eigenvalue weighted by Crippen LogP contribution is 2.31. The molecule has 2 aromatic heterocycles. The minimum absolute atomic E-state index is 0.0351. The first-order valence-corrected chi connectivity index (χ1v) is 5.76. The maximum absolute atomic E-state index is 9.05. The van der Waals surface area contributed by atoms with Gasteiger partial charge in [-0.15, -0.1) is 0 Å². The number of rotatable bonds is 2. The molecule has 2 atom stereocenters. The summed E-state index contributed by atoms with van der Waals surface area (Å²) >= 11 is 6.04. The molecule has 0 bridgehead atoms. The van der Waals surface area contributed by atoms with E-state index in [-0.39, 0.29) is 18.9 Å². The van der Waals surface area contributed by atoms with Gasteiger partial charge in [-0.2, -0.15) is 0 Å². The normalized spacial score (nSPS) is 24.6. The van der Waals surface area contributed by atoms with E-state index in [1.807, 2.05) is 4.57 Å². The Morgan fingerprint density at radius 3 is 3.06 bits per heavy atom. The molecule has 17 heavy (non-hydrogen) atoms. The molecule has 2 aromatic rings. The van der Waals surface area contributed by atoms with Crippen LogP contribution in [0.15, 0.2) is 12.7 Å². The van der Waals surface area contributed by atoms with Gasteiger partial charge in [0.2, 0.25) is 0 Å². The Bertz CT molecular complexity index is 544. The Morgan fingerprint density at radius 1 is 1.41 bits per heavy atom. The van der Waals surface area contributed by atoms with Gasteiger partial charge < -0.3 is 9.84 Å². The molecule has 1 aliphatic heterocycles. The number of nitrogens with zero attached hydrogens (tertiary/aromatic N) is 4. The first kappa shape index (κ1) is 10.9. The van der Waals surface area contributed by atoms with E-state index in [0.717, 1.165) is 12.8 Å². The SMILES string of the molecule is OC[C@@H]1CC[C@H](n2cnc3ncnc(Cl)c32)O1. The number of aliphatic hydroxyl groups is 1. The summed E-state index contributed by atoms with van der Waals surface area (Å²) in [6.07, 6.45) is 4.42. The highest BCUT2D eigenvalue weighted by molar-refractivity contribution is 6.33. The average molecular weight is 255 g/mol. The van der Waals surface area contributed by atoms with Gasteiger partial charge in [-0.3, -0.25) is 4.57 Å². The molecule has 0 amide bonds. The maximum Gasteiger partial charge on any atom is 0.182 e. The second-order valence-corrected chi connectivity index (χ2v) is 4.32. The largest absolute Gasteiger partial charge is 0.394 e. The molecule has 0 aromatic carbocycles. The lowest BCUT2D eigenvalue weighted by molar-refractivity contribution is -0.0205. The second kappa shape index (κ2) is 4.21. The van der Waals surface area contributed by atoms with Gasteiger partial charge in [0, 0.05) is 0 Å². The van der Waals surface area contributed by atoms with Crippen molar-refractivity contribution < 1.29 is 9.84 Å². The number of ether oxygens (including phenoxy) is 1. The average Bonchev–Trinajstić information content (AvgIpc) is 2.94. The molecule has 1 saturated heterocycles. The van der Waals surface area contributed by atoms with Crippen molar-refractivity contribution in [3.8, 4) is 0 Å². The smallest absolute Gasteiger partial charge is 0.182 e. The third kappa shape index (κ3) is 1.78. The van der Waals surface area contributed by atoms with Crippen LogP contribution in [0.4, 0.5) is 0 Å².